The van der Waals surface area contributed by atoms with Crippen LogP contribution in [0.15, 0.2) is 66.9 Å². The van der Waals surface area contributed by atoms with Crippen molar-refractivity contribution < 1.29 is 14.3 Å². The molecule has 4 rings (SSSR count). The van der Waals surface area contributed by atoms with Gasteiger partial charge >= 0.3 is 0 Å². The van der Waals surface area contributed by atoms with Gasteiger partial charge in [0.15, 0.2) is 0 Å². The lowest BCUT2D eigenvalue weighted by molar-refractivity contribution is -0.116. The van der Waals surface area contributed by atoms with Crippen molar-refractivity contribution in [2.45, 2.75) is 45.6 Å². The van der Waals surface area contributed by atoms with E-state index in [0.717, 1.165) is 54.8 Å². The largest absolute Gasteiger partial charge is 0.497 e. The van der Waals surface area contributed by atoms with Crippen molar-refractivity contribution in [2.75, 3.05) is 30.4 Å². The van der Waals surface area contributed by atoms with Crippen molar-refractivity contribution in [1.29, 1.82) is 0 Å². The van der Waals surface area contributed by atoms with E-state index in [9.17, 15) is 9.59 Å². The van der Waals surface area contributed by atoms with Crippen molar-refractivity contribution >= 4 is 29.0 Å². The van der Waals surface area contributed by atoms with E-state index in [2.05, 4.69) is 10.3 Å². The number of carbonyl (C=O) groups is 2. The minimum Gasteiger partial charge on any atom is -0.497 e. The standard InChI is InChI=1S/C29H34N4O3/c1-22(34)33-19-9-5-3-4-8-18-32(21-23-12-6-7-16-27(23)33)29(35)26-15-11-17-30-28(26)31-24-13-10-14-25(20-24)36-2/h6-7,10-17,20H,3-5,8-9,18-19,21H2,1-2H3,(H,30,31). The Hall–Kier alpha value is -3.87. The highest BCUT2D eigenvalue weighted by Crippen LogP contribution is 2.27. The average Bonchev–Trinajstić information content (AvgIpc) is 2.89. The molecule has 2 aromatic carbocycles. The van der Waals surface area contributed by atoms with Gasteiger partial charge in [0.05, 0.1) is 12.7 Å². The van der Waals surface area contributed by atoms with Gasteiger partial charge in [-0.3, -0.25) is 9.59 Å². The molecule has 0 aliphatic carbocycles. The van der Waals surface area contributed by atoms with E-state index in [1.54, 1.807) is 26.3 Å². The first-order valence-corrected chi connectivity index (χ1v) is 12.6. The van der Waals surface area contributed by atoms with Crippen LogP contribution < -0.4 is 15.0 Å². The Balaban J connectivity index is 1.65. The third-order valence-corrected chi connectivity index (χ3v) is 6.49. The minimum absolute atomic E-state index is 0.0226. The van der Waals surface area contributed by atoms with E-state index in [1.165, 1.54) is 0 Å². The molecule has 2 amide bonds. The molecule has 1 aliphatic heterocycles. The van der Waals surface area contributed by atoms with Crippen molar-refractivity contribution in [3.05, 3.63) is 78.0 Å². The molecule has 1 aromatic heterocycles. The highest BCUT2D eigenvalue weighted by atomic mass is 16.5. The number of para-hydroxylation sites is 1. The number of hydrogen-bond donors (Lipinski definition) is 1. The number of pyridine rings is 1. The fraction of sp³-hybridized carbons (Fsp3) is 0.345. The fourth-order valence-corrected chi connectivity index (χ4v) is 4.60. The smallest absolute Gasteiger partial charge is 0.257 e. The van der Waals surface area contributed by atoms with Gasteiger partial charge < -0.3 is 19.9 Å². The summed E-state index contributed by atoms with van der Waals surface area (Å²) in [7, 11) is 1.62. The number of hydrogen-bond acceptors (Lipinski definition) is 5. The Morgan fingerprint density at radius 1 is 0.917 bits per heavy atom. The van der Waals surface area contributed by atoms with Crippen LogP contribution >= 0.6 is 0 Å². The van der Waals surface area contributed by atoms with Crippen LogP contribution in [0.5, 0.6) is 5.75 Å². The van der Waals surface area contributed by atoms with E-state index in [4.69, 9.17) is 4.74 Å². The third kappa shape index (κ3) is 6.22. The molecule has 0 bridgehead atoms. The third-order valence-electron chi connectivity index (χ3n) is 6.49. The number of nitrogens with one attached hydrogen (secondary N) is 1. The van der Waals surface area contributed by atoms with Crippen LogP contribution in [-0.2, 0) is 11.3 Å². The summed E-state index contributed by atoms with van der Waals surface area (Å²) in [6.45, 7) is 3.36. The summed E-state index contributed by atoms with van der Waals surface area (Å²) >= 11 is 0. The van der Waals surface area contributed by atoms with Crippen LogP contribution in [0.2, 0.25) is 0 Å². The second-order valence-electron chi connectivity index (χ2n) is 9.05. The highest BCUT2D eigenvalue weighted by Gasteiger charge is 2.23. The zero-order chi connectivity index (χ0) is 25.3. The quantitative estimate of drug-likeness (QED) is 0.505. The Kier molecular flexibility index (Phi) is 8.55. The molecule has 0 unspecified atom stereocenters. The van der Waals surface area contributed by atoms with Gasteiger partial charge in [-0.15, -0.1) is 0 Å². The summed E-state index contributed by atoms with van der Waals surface area (Å²) in [5.74, 6) is 1.16. The number of benzene rings is 2. The summed E-state index contributed by atoms with van der Waals surface area (Å²) < 4.78 is 5.33. The Morgan fingerprint density at radius 3 is 2.50 bits per heavy atom. The number of aromatic nitrogens is 1. The first-order valence-electron chi connectivity index (χ1n) is 12.6. The first kappa shape index (κ1) is 25.2. The highest BCUT2D eigenvalue weighted by molar-refractivity contribution is 5.99. The summed E-state index contributed by atoms with van der Waals surface area (Å²) in [5.41, 5.74) is 3.14. The van der Waals surface area contributed by atoms with Gasteiger partial charge in [0.1, 0.15) is 11.6 Å². The molecule has 1 N–H and O–H groups in total. The molecule has 188 valence electrons. The molecular weight excluding hydrogens is 452 g/mol. The molecule has 0 atom stereocenters. The second kappa shape index (κ2) is 12.2. The SMILES string of the molecule is COc1cccc(Nc2ncccc2C(=O)N2CCCCCCCN(C(C)=O)c3ccccc3C2)c1. The summed E-state index contributed by atoms with van der Waals surface area (Å²) in [4.78, 5) is 34.6. The predicted molar refractivity (Wildman–Crippen MR) is 143 cm³/mol. The van der Waals surface area contributed by atoms with E-state index in [0.29, 0.717) is 31.0 Å². The maximum absolute atomic E-state index is 13.9. The number of ether oxygens (including phenoxy) is 1. The number of fused-ring (bicyclic) bond motifs is 1. The molecule has 3 aromatic rings. The van der Waals surface area contributed by atoms with Crippen molar-refractivity contribution in [1.82, 2.24) is 9.88 Å². The number of carbonyl (C=O) groups excluding carboxylic acids is 2. The number of methoxy groups -OCH3 is 1. The number of anilines is 3. The Labute approximate surface area is 213 Å². The maximum atomic E-state index is 13.9. The van der Waals surface area contributed by atoms with E-state index >= 15 is 0 Å². The van der Waals surface area contributed by atoms with E-state index < -0.39 is 0 Å². The topological polar surface area (TPSA) is 74.8 Å². The van der Waals surface area contributed by atoms with Crippen LogP contribution in [0.4, 0.5) is 17.2 Å². The van der Waals surface area contributed by atoms with Crippen molar-refractivity contribution in [3.8, 4) is 5.75 Å². The summed E-state index contributed by atoms with van der Waals surface area (Å²) in [5, 5.41) is 3.29. The summed E-state index contributed by atoms with van der Waals surface area (Å²) in [6.07, 6.45) is 6.79. The lowest BCUT2D eigenvalue weighted by Crippen LogP contribution is -2.35. The average molecular weight is 487 g/mol. The minimum atomic E-state index is -0.0882. The van der Waals surface area contributed by atoms with Crippen LogP contribution in [0.3, 0.4) is 0 Å². The zero-order valence-electron chi connectivity index (χ0n) is 21.1. The monoisotopic (exact) mass is 486 g/mol. The molecule has 7 nitrogen and oxygen atoms in total. The number of rotatable bonds is 4. The second-order valence-corrected chi connectivity index (χ2v) is 9.05. The molecule has 0 spiro atoms. The molecule has 1 aliphatic rings. The van der Waals surface area contributed by atoms with E-state index in [-0.39, 0.29) is 11.8 Å². The molecule has 0 radical (unpaired) electrons. The first-order chi connectivity index (χ1) is 17.6. The van der Waals surface area contributed by atoms with Gasteiger partial charge in [-0.05, 0) is 48.7 Å². The maximum Gasteiger partial charge on any atom is 0.257 e. The molecule has 0 saturated heterocycles. The van der Waals surface area contributed by atoms with E-state index in [1.807, 2.05) is 64.4 Å². The van der Waals surface area contributed by atoms with Crippen LogP contribution in [0, 0.1) is 0 Å². The Bertz CT molecular complexity index is 1200. The molecule has 7 heteroatoms. The van der Waals surface area contributed by atoms with Gasteiger partial charge in [-0.25, -0.2) is 4.98 Å². The molecule has 0 fully saturated rings. The molecule has 36 heavy (non-hydrogen) atoms. The predicted octanol–water partition coefficient (Wildman–Crippen LogP) is 5.79. The molecule has 0 saturated carbocycles. The van der Waals surface area contributed by atoms with Gasteiger partial charge in [-0.1, -0.05) is 43.5 Å². The lowest BCUT2D eigenvalue weighted by Gasteiger charge is -2.29. The normalized spacial score (nSPS) is 14.7. The molecule has 2 heterocycles. The Morgan fingerprint density at radius 2 is 1.69 bits per heavy atom. The van der Waals surface area contributed by atoms with Crippen LogP contribution in [0.25, 0.3) is 0 Å². The lowest BCUT2D eigenvalue weighted by atomic mass is 10.1. The van der Waals surface area contributed by atoms with Gasteiger partial charge in [0.25, 0.3) is 5.91 Å². The zero-order valence-corrected chi connectivity index (χ0v) is 21.1. The van der Waals surface area contributed by atoms with Crippen molar-refractivity contribution in [2.24, 2.45) is 0 Å². The number of nitrogens with zero attached hydrogens (tertiary/aromatic N) is 3. The number of amides is 2. The van der Waals surface area contributed by atoms with Crippen LogP contribution in [-0.4, -0.2) is 41.9 Å². The van der Waals surface area contributed by atoms with Gasteiger partial charge in [0, 0.05) is 50.2 Å². The molecular formula is C29H34N4O3. The summed E-state index contributed by atoms with van der Waals surface area (Å²) in [6, 6.07) is 19.0. The fourth-order valence-electron chi connectivity index (χ4n) is 4.60. The van der Waals surface area contributed by atoms with Crippen LogP contribution in [0.1, 0.15) is 54.9 Å². The van der Waals surface area contributed by atoms with Gasteiger partial charge in [-0.2, -0.15) is 0 Å². The van der Waals surface area contributed by atoms with Gasteiger partial charge in [0.2, 0.25) is 5.91 Å². The van der Waals surface area contributed by atoms with Crippen molar-refractivity contribution in [3.63, 3.8) is 0 Å².